The van der Waals surface area contributed by atoms with Gasteiger partial charge in [-0.3, -0.25) is 9.59 Å². The van der Waals surface area contributed by atoms with Gasteiger partial charge in [-0.1, -0.05) is 30.3 Å². The Bertz CT molecular complexity index is 1000. The summed E-state index contributed by atoms with van der Waals surface area (Å²) >= 11 is 0. The largest absolute Gasteiger partial charge is 0.459 e. The molecule has 0 radical (unpaired) electrons. The first-order valence-electron chi connectivity index (χ1n) is 9.91. The third kappa shape index (κ3) is 4.78. The molecule has 1 aliphatic heterocycles. The summed E-state index contributed by atoms with van der Waals surface area (Å²) in [6.07, 6.45) is 4.83. The average molecular weight is 401 g/mol. The first-order valence-corrected chi connectivity index (χ1v) is 9.91. The summed E-state index contributed by atoms with van der Waals surface area (Å²) in [7, 11) is 0. The molecule has 6 heteroatoms. The summed E-state index contributed by atoms with van der Waals surface area (Å²) in [6.45, 7) is 2.78. The number of rotatable bonds is 5. The maximum absolute atomic E-state index is 12.4. The molecule has 2 amide bonds. The molecule has 152 valence electrons. The Morgan fingerprint density at radius 2 is 1.60 bits per heavy atom. The molecule has 1 aliphatic rings. The van der Waals surface area contributed by atoms with Gasteiger partial charge in [0.15, 0.2) is 5.76 Å². The van der Waals surface area contributed by atoms with Crippen molar-refractivity contribution in [1.82, 2.24) is 4.90 Å². The second-order valence-corrected chi connectivity index (χ2v) is 7.04. The highest BCUT2D eigenvalue weighted by molar-refractivity contribution is 6.02. The van der Waals surface area contributed by atoms with Gasteiger partial charge in [0.2, 0.25) is 5.91 Å². The number of anilines is 2. The van der Waals surface area contributed by atoms with Gasteiger partial charge in [0, 0.05) is 43.6 Å². The zero-order valence-corrected chi connectivity index (χ0v) is 16.5. The van der Waals surface area contributed by atoms with Crippen molar-refractivity contribution in [2.45, 2.75) is 0 Å². The minimum Gasteiger partial charge on any atom is -0.459 e. The summed E-state index contributed by atoms with van der Waals surface area (Å²) < 4.78 is 5.20. The lowest BCUT2D eigenvalue weighted by atomic mass is 10.2. The normalized spacial score (nSPS) is 14.1. The smallest absolute Gasteiger partial charge is 0.289 e. The Hall–Kier alpha value is -3.80. The van der Waals surface area contributed by atoms with Gasteiger partial charge in [-0.05, 0) is 48.0 Å². The van der Waals surface area contributed by atoms with Crippen LogP contribution in [0.3, 0.4) is 0 Å². The van der Waals surface area contributed by atoms with E-state index in [0.717, 1.165) is 30.0 Å². The highest BCUT2D eigenvalue weighted by Crippen LogP contribution is 2.20. The number of carbonyl (C=O) groups excluding carboxylic acids is 2. The van der Waals surface area contributed by atoms with Crippen LogP contribution in [0.25, 0.3) is 6.08 Å². The van der Waals surface area contributed by atoms with Crippen LogP contribution in [0.15, 0.2) is 83.5 Å². The molecule has 0 aliphatic carbocycles. The molecule has 0 spiro atoms. The molecule has 0 unspecified atom stereocenters. The van der Waals surface area contributed by atoms with E-state index >= 15 is 0 Å². The van der Waals surface area contributed by atoms with Crippen molar-refractivity contribution in [3.63, 3.8) is 0 Å². The van der Waals surface area contributed by atoms with Crippen LogP contribution in [0.1, 0.15) is 16.1 Å². The molecule has 1 saturated heterocycles. The number of furan rings is 1. The van der Waals surface area contributed by atoms with E-state index in [-0.39, 0.29) is 11.8 Å². The van der Waals surface area contributed by atoms with Crippen LogP contribution < -0.4 is 10.2 Å². The van der Waals surface area contributed by atoms with E-state index in [0.29, 0.717) is 18.8 Å². The summed E-state index contributed by atoms with van der Waals surface area (Å²) in [4.78, 5) is 28.5. The van der Waals surface area contributed by atoms with Crippen molar-refractivity contribution in [3.05, 3.63) is 90.4 Å². The average Bonchev–Trinajstić information content (AvgIpc) is 3.34. The van der Waals surface area contributed by atoms with Gasteiger partial charge < -0.3 is 19.5 Å². The highest BCUT2D eigenvalue weighted by atomic mass is 16.3. The van der Waals surface area contributed by atoms with Crippen LogP contribution in [0.4, 0.5) is 11.4 Å². The van der Waals surface area contributed by atoms with E-state index in [9.17, 15) is 9.59 Å². The Kier molecular flexibility index (Phi) is 5.94. The Balaban J connectivity index is 1.29. The Morgan fingerprint density at radius 1 is 0.867 bits per heavy atom. The summed E-state index contributed by atoms with van der Waals surface area (Å²) in [6, 6.07) is 20.9. The van der Waals surface area contributed by atoms with Crippen LogP contribution >= 0.6 is 0 Å². The monoisotopic (exact) mass is 401 g/mol. The molecular formula is C24H23N3O3. The van der Waals surface area contributed by atoms with E-state index in [1.165, 1.54) is 12.3 Å². The Labute approximate surface area is 175 Å². The summed E-state index contributed by atoms with van der Waals surface area (Å²) in [5, 5.41) is 2.87. The molecule has 1 fully saturated rings. The SMILES string of the molecule is O=C(/C=C\c1ccccc1)Nc1ccc(N2CCN(C(=O)c3ccco3)CC2)cc1. The number of hydrogen-bond acceptors (Lipinski definition) is 4. The number of piperazine rings is 1. The van der Waals surface area contributed by atoms with Gasteiger partial charge in [0.1, 0.15) is 0 Å². The molecule has 30 heavy (non-hydrogen) atoms. The van der Waals surface area contributed by atoms with Crippen molar-refractivity contribution >= 4 is 29.3 Å². The zero-order chi connectivity index (χ0) is 20.8. The minimum atomic E-state index is -0.170. The maximum atomic E-state index is 12.4. The predicted molar refractivity (Wildman–Crippen MR) is 117 cm³/mol. The van der Waals surface area contributed by atoms with E-state index in [4.69, 9.17) is 4.42 Å². The minimum absolute atomic E-state index is 0.0683. The fourth-order valence-corrected chi connectivity index (χ4v) is 3.40. The van der Waals surface area contributed by atoms with Gasteiger partial charge in [0.05, 0.1) is 6.26 Å². The van der Waals surface area contributed by atoms with E-state index in [1.54, 1.807) is 18.2 Å². The van der Waals surface area contributed by atoms with Crippen molar-refractivity contribution in [2.75, 3.05) is 36.4 Å². The van der Waals surface area contributed by atoms with E-state index in [2.05, 4.69) is 10.2 Å². The summed E-state index contributed by atoms with van der Waals surface area (Å²) in [5.41, 5.74) is 2.79. The number of nitrogens with zero attached hydrogens (tertiary/aromatic N) is 2. The first kappa shape index (κ1) is 19.5. The van der Waals surface area contributed by atoms with Crippen molar-refractivity contribution in [2.24, 2.45) is 0 Å². The van der Waals surface area contributed by atoms with Gasteiger partial charge >= 0.3 is 0 Å². The van der Waals surface area contributed by atoms with Crippen molar-refractivity contribution in [1.29, 1.82) is 0 Å². The number of carbonyl (C=O) groups is 2. The molecule has 3 aromatic rings. The number of hydrogen-bond donors (Lipinski definition) is 1. The van der Waals surface area contributed by atoms with Crippen LogP contribution in [0, 0.1) is 0 Å². The molecule has 0 bridgehead atoms. The molecule has 0 saturated carbocycles. The lowest BCUT2D eigenvalue weighted by Gasteiger charge is -2.35. The quantitative estimate of drug-likeness (QED) is 0.659. The maximum Gasteiger partial charge on any atom is 0.289 e. The molecule has 2 heterocycles. The predicted octanol–water partition coefficient (Wildman–Crippen LogP) is 3.89. The van der Waals surface area contributed by atoms with Crippen LogP contribution in [-0.2, 0) is 4.79 Å². The number of amides is 2. The topological polar surface area (TPSA) is 65.8 Å². The Morgan fingerprint density at radius 3 is 2.27 bits per heavy atom. The zero-order valence-electron chi connectivity index (χ0n) is 16.5. The summed E-state index contributed by atoms with van der Waals surface area (Å²) in [5.74, 6) is 0.141. The van der Waals surface area contributed by atoms with Crippen LogP contribution in [0.5, 0.6) is 0 Å². The van der Waals surface area contributed by atoms with Gasteiger partial charge in [-0.25, -0.2) is 0 Å². The third-order valence-corrected chi connectivity index (χ3v) is 5.03. The molecule has 0 atom stereocenters. The second kappa shape index (κ2) is 9.13. The lowest BCUT2D eigenvalue weighted by molar-refractivity contribution is -0.111. The van der Waals surface area contributed by atoms with Gasteiger partial charge in [-0.2, -0.15) is 0 Å². The van der Waals surface area contributed by atoms with Crippen molar-refractivity contribution < 1.29 is 14.0 Å². The third-order valence-electron chi connectivity index (χ3n) is 5.03. The first-order chi connectivity index (χ1) is 14.7. The van der Waals surface area contributed by atoms with Gasteiger partial charge in [-0.15, -0.1) is 0 Å². The number of nitrogens with one attached hydrogen (secondary N) is 1. The van der Waals surface area contributed by atoms with E-state index < -0.39 is 0 Å². The second-order valence-electron chi connectivity index (χ2n) is 7.04. The van der Waals surface area contributed by atoms with Crippen molar-refractivity contribution in [3.8, 4) is 0 Å². The lowest BCUT2D eigenvalue weighted by Crippen LogP contribution is -2.48. The van der Waals surface area contributed by atoms with E-state index in [1.807, 2.05) is 59.5 Å². The standard InChI is InChI=1S/C24H23N3O3/c28-23(13-8-19-5-2-1-3-6-19)25-20-9-11-21(12-10-20)26-14-16-27(17-15-26)24(29)22-7-4-18-30-22/h1-13,18H,14-17H2,(H,25,28)/b13-8-. The van der Waals surface area contributed by atoms with Crippen LogP contribution in [0.2, 0.25) is 0 Å². The molecule has 1 N–H and O–H groups in total. The molecular weight excluding hydrogens is 378 g/mol. The molecule has 2 aromatic carbocycles. The molecule has 6 nitrogen and oxygen atoms in total. The highest BCUT2D eigenvalue weighted by Gasteiger charge is 2.23. The molecule has 1 aromatic heterocycles. The molecule has 4 rings (SSSR count). The van der Waals surface area contributed by atoms with Crippen LogP contribution in [-0.4, -0.2) is 42.9 Å². The number of benzene rings is 2. The fraction of sp³-hybridized carbons (Fsp3) is 0.167. The fourth-order valence-electron chi connectivity index (χ4n) is 3.40. The van der Waals surface area contributed by atoms with Gasteiger partial charge in [0.25, 0.3) is 5.91 Å².